The molecule has 0 fully saturated rings. The Hall–Kier alpha value is -2.45. The van der Waals surface area contributed by atoms with E-state index < -0.39 is 10.4 Å². The molecule has 2 rings (SSSR count). The minimum Gasteiger partial charge on any atom is -0.353 e. The largest absolute Gasteiger partial charge is 0.353 e. The van der Waals surface area contributed by atoms with Crippen LogP contribution in [0.2, 0.25) is 0 Å². The molecule has 2 aromatic rings. The fourth-order valence-electron chi connectivity index (χ4n) is 2.26. The third kappa shape index (κ3) is 4.53. The van der Waals surface area contributed by atoms with E-state index in [9.17, 15) is 19.7 Å². The molecule has 0 unspecified atom stereocenters. The summed E-state index contributed by atoms with van der Waals surface area (Å²) < 4.78 is 1.54. The first-order valence-corrected chi connectivity index (χ1v) is 7.08. The number of nitrogens with one attached hydrogen (secondary N) is 1. The zero-order valence-corrected chi connectivity index (χ0v) is 14.2. The first kappa shape index (κ1) is 19.6. The molecule has 0 bridgehead atoms. The van der Waals surface area contributed by atoms with Gasteiger partial charge in [0.2, 0.25) is 5.91 Å². The number of aromatic nitrogens is 1. The van der Waals surface area contributed by atoms with E-state index >= 15 is 0 Å². The summed E-state index contributed by atoms with van der Waals surface area (Å²) in [6.07, 6.45) is 1.47. The lowest BCUT2D eigenvalue weighted by molar-refractivity contribution is -0.383. The Morgan fingerprint density at radius 2 is 2.04 bits per heavy atom. The van der Waals surface area contributed by atoms with Crippen LogP contribution < -0.4 is 10.7 Å². The third-order valence-corrected chi connectivity index (χ3v) is 3.37. The van der Waals surface area contributed by atoms with E-state index in [4.69, 9.17) is 0 Å². The average molecular weight is 355 g/mol. The minimum atomic E-state index is -0.592. The predicted molar refractivity (Wildman–Crippen MR) is 93.7 cm³/mol. The third-order valence-electron chi connectivity index (χ3n) is 3.37. The summed E-state index contributed by atoms with van der Waals surface area (Å²) in [7, 11) is 3.81. The highest BCUT2D eigenvalue weighted by Gasteiger charge is 2.16. The zero-order chi connectivity index (χ0) is 17.0. The van der Waals surface area contributed by atoms with Crippen molar-refractivity contribution in [2.45, 2.75) is 6.54 Å². The van der Waals surface area contributed by atoms with Gasteiger partial charge in [0, 0.05) is 31.4 Å². The molecule has 1 N–H and O–H groups in total. The molecule has 0 atom stereocenters. The van der Waals surface area contributed by atoms with Crippen molar-refractivity contribution in [3.63, 3.8) is 0 Å². The van der Waals surface area contributed by atoms with Gasteiger partial charge < -0.3 is 14.8 Å². The zero-order valence-electron chi connectivity index (χ0n) is 13.4. The molecular formula is C15H19ClN4O4. The summed E-state index contributed by atoms with van der Waals surface area (Å²) in [6.45, 7) is 1.21. The van der Waals surface area contributed by atoms with Crippen LogP contribution in [0.3, 0.4) is 0 Å². The number of nitro groups is 1. The summed E-state index contributed by atoms with van der Waals surface area (Å²) in [4.78, 5) is 36.4. The summed E-state index contributed by atoms with van der Waals surface area (Å²) in [5.41, 5.74) is -0.319. The standard InChI is InChI=1S/C15H18N4O4.ClH/c1-17(2)9-7-16-14(21)10-18-8-6-13(20)15-11(18)4-3-5-12(15)19(22)23;/h3-6,8H,7,9-10H2,1-2H3,(H,16,21);1H. The summed E-state index contributed by atoms with van der Waals surface area (Å²) >= 11 is 0. The van der Waals surface area contributed by atoms with E-state index in [1.807, 2.05) is 19.0 Å². The molecule has 0 radical (unpaired) electrons. The van der Waals surface area contributed by atoms with Gasteiger partial charge in [0.05, 0.1) is 10.4 Å². The maximum absolute atomic E-state index is 12.0. The summed E-state index contributed by atoms with van der Waals surface area (Å²) in [6, 6.07) is 5.62. The predicted octanol–water partition coefficient (Wildman–Crippen LogP) is 1.01. The lowest BCUT2D eigenvalue weighted by Crippen LogP contribution is -2.33. The Kier molecular flexibility index (Phi) is 6.87. The summed E-state index contributed by atoms with van der Waals surface area (Å²) in [5, 5.41) is 13.9. The van der Waals surface area contributed by atoms with Crippen LogP contribution in [0.15, 0.2) is 35.3 Å². The van der Waals surface area contributed by atoms with Crippen molar-refractivity contribution in [2.24, 2.45) is 0 Å². The van der Waals surface area contributed by atoms with Gasteiger partial charge in [-0.05, 0) is 20.2 Å². The maximum atomic E-state index is 12.0. The highest BCUT2D eigenvalue weighted by Crippen LogP contribution is 2.21. The second-order valence-electron chi connectivity index (χ2n) is 5.39. The Bertz CT molecular complexity index is 804. The van der Waals surface area contributed by atoms with E-state index in [0.29, 0.717) is 18.6 Å². The Balaban J connectivity index is 0.00000288. The van der Waals surface area contributed by atoms with Crippen LogP contribution in [0.5, 0.6) is 0 Å². The highest BCUT2D eigenvalue weighted by atomic mass is 35.5. The number of carbonyl (C=O) groups is 1. The van der Waals surface area contributed by atoms with Crippen LogP contribution >= 0.6 is 12.4 Å². The number of benzene rings is 1. The number of carbonyl (C=O) groups excluding carboxylic acids is 1. The molecule has 0 saturated heterocycles. The smallest absolute Gasteiger partial charge is 0.282 e. The van der Waals surface area contributed by atoms with Gasteiger partial charge >= 0.3 is 0 Å². The first-order chi connectivity index (χ1) is 10.9. The van der Waals surface area contributed by atoms with Gasteiger partial charge in [-0.1, -0.05) is 6.07 Å². The summed E-state index contributed by atoms with van der Waals surface area (Å²) in [5.74, 6) is -0.219. The van der Waals surface area contributed by atoms with Crippen LogP contribution in [-0.2, 0) is 11.3 Å². The van der Waals surface area contributed by atoms with E-state index in [-0.39, 0.29) is 35.9 Å². The first-order valence-electron chi connectivity index (χ1n) is 7.08. The Morgan fingerprint density at radius 1 is 1.33 bits per heavy atom. The Labute approximate surface area is 144 Å². The molecule has 24 heavy (non-hydrogen) atoms. The molecule has 8 nitrogen and oxygen atoms in total. The number of amides is 1. The fourth-order valence-corrected chi connectivity index (χ4v) is 2.26. The monoisotopic (exact) mass is 354 g/mol. The number of rotatable bonds is 6. The van der Waals surface area contributed by atoms with Gasteiger partial charge in [-0.25, -0.2) is 0 Å². The van der Waals surface area contributed by atoms with Crippen LogP contribution in [0.4, 0.5) is 5.69 Å². The lowest BCUT2D eigenvalue weighted by atomic mass is 10.1. The van der Waals surface area contributed by atoms with Gasteiger partial charge in [0.25, 0.3) is 5.69 Å². The number of hydrogen-bond acceptors (Lipinski definition) is 5. The molecule has 1 amide bonds. The molecule has 1 heterocycles. The van der Waals surface area contributed by atoms with Crippen molar-refractivity contribution >= 4 is 34.9 Å². The Morgan fingerprint density at radius 3 is 2.67 bits per heavy atom. The quantitative estimate of drug-likeness (QED) is 0.616. The number of fused-ring (bicyclic) bond motifs is 1. The molecule has 0 spiro atoms. The van der Waals surface area contributed by atoms with Crippen LogP contribution in [0, 0.1) is 10.1 Å². The lowest BCUT2D eigenvalue weighted by Gasteiger charge is -2.13. The molecule has 0 aliphatic carbocycles. The molecule has 0 aliphatic rings. The van der Waals surface area contributed by atoms with Gasteiger partial charge in [0.15, 0.2) is 5.43 Å². The van der Waals surface area contributed by atoms with E-state index in [1.54, 1.807) is 6.07 Å². The van der Waals surface area contributed by atoms with Crippen molar-refractivity contribution in [3.8, 4) is 0 Å². The van der Waals surface area contributed by atoms with Crippen molar-refractivity contribution < 1.29 is 9.72 Å². The number of hydrogen-bond donors (Lipinski definition) is 1. The van der Waals surface area contributed by atoms with Crippen LogP contribution in [0.1, 0.15) is 0 Å². The molecule has 130 valence electrons. The molecule has 0 aliphatic heterocycles. The minimum absolute atomic E-state index is 0. The number of pyridine rings is 1. The highest BCUT2D eigenvalue weighted by molar-refractivity contribution is 5.89. The normalized spacial score (nSPS) is 10.5. The second kappa shape index (κ2) is 8.42. The van der Waals surface area contributed by atoms with Gasteiger partial charge in [-0.2, -0.15) is 0 Å². The number of nitrogens with zero attached hydrogens (tertiary/aromatic N) is 3. The molecule has 1 aromatic heterocycles. The SMILES string of the molecule is CN(C)CCNC(=O)Cn1ccc(=O)c2c([N+](=O)[O-])cccc21.Cl. The average Bonchev–Trinajstić information content (AvgIpc) is 2.49. The number of non-ortho nitro benzene ring substituents is 1. The van der Waals surface area contributed by atoms with Crippen molar-refractivity contribution in [1.82, 2.24) is 14.8 Å². The van der Waals surface area contributed by atoms with Gasteiger partial charge in [-0.15, -0.1) is 12.4 Å². The van der Waals surface area contributed by atoms with Crippen molar-refractivity contribution in [2.75, 3.05) is 27.2 Å². The van der Waals surface area contributed by atoms with Crippen LogP contribution in [-0.4, -0.2) is 47.5 Å². The topological polar surface area (TPSA) is 97.5 Å². The van der Waals surface area contributed by atoms with E-state index in [1.165, 1.54) is 29.0 Å². The second-order valence-corrected chi connectivity index (χ2v) is 5.39. The van der Waals surface area contributed by atoms with E-state index in [2.05, 4.69) is 5.32 Å². The maximum Gasteiger partial charge on any atom is 0.282 e. The molecule has 1 aromatic carbocycles. The molecule has 9 heteroatoms. The number of likely N-dealkylation sites (N-methyl/N-ethyl adjacent to an activating group) is 1. The van der Waals surface area contributed by atoms with E-state index in [0.717, 1.165) is 0 Å². The van der Waals surface area contributed by atoms with Gasteiger partial charge in [-0.3, -0.25) is 19.7 Å². The van der Waals surface area contributed by atoms with Gasteiger partial charge in [0.1, 0.15) is 11.9 Å². The number of halogens is 1. The van der Waals surface area contributed by atoms with Crippen LogP contribution in [0.25, 0.3) is 10.9 Å². The fraction of sp³-hybridized carbons (Fsp3) is 0.333. The van der Waals surface area contributed by atoms with Crippen molar-refractivity contribution in [1.29, 1.82) is 0 Å². The van der Waals surface area contributed by atoms with Crippen molar-refractivity contribution in [3.05, 3.63) is 50.8 Å². The molecular weight excluding hydrogens is 336 g/mol. The number of nitro benzene ring substituents is 1. The molecule has 0 saturated carbocycles.